The molecule has 4 heteroatoms. The van der Waals surface area contributed by atoms with E-state index in [0.29, 0.717) is 17.3 Å². The van der Waals surface area contributed by atoms with E-state index in [1.54, 1.807) is 13.3 Å². The highest BCUT2D eigenvalue weighted by Crippen LogP contribution is 2.39. The fourth-order valence-corrected chi connectivity index (χ4v) is 3.51. The molecule has 0 aromatic carbocycles. The molecule has 1 heterocycles. The summed E-state index contributed by atoms with van der Waals surface area (Å²) >= 11 is 3.56. The number of pyridine rings is 1. The smallest absolute Gasteiger partial charge is 0.229 e. The average Bonchev–Trinajstić information content (AvgIpc) is 2.41. The Labute approximate surface area is 130 Å². The van der Waals surface area contributed by atoms with Gasteiger partial charge in [-0.2, -0.15) is 0 Å². The van der Waals surface area contributed by atoms with Gasteiger partial charge < -0.3 is 10.1 Å². The van der Waals surface area contributed by atoms with Gasteiger partial charge in [0.05, 0.1) is 12.8 Å². The minimum atomic E-state index is 0.436. The van der Waals surface area contributed by atoms with Crippen molar-refractivity contribution < 1.29 is 4.74 Å². The summed E-state index contributed by atoms with van der Waals surface area (Å²) < 4.78 is 6.16. The van der Waals surface area contributed by atoms with Gasteiger partial charge in [-0.05, 0) is 59.0 Å². The standard InChI is InChI=1S/C16H25BrN2O/c1-16(2,3)11-5-7-12(8-6-11)19-13-9-10-18-15(20-4)14(13)17/h9-12H,5-8H2,1-4H3,(H,18,19)/t11-,12+. The van der Waals surface area contributed by atoms with E-state index in [4.69, 9.17) is 4.74 Å². The topological polar surface area (TPSA) is 34.1 Å². The zero-order valence-electron chi connectivity index (χ0n) is 12.9. The van der Waals surface area contributed by atoms with E-state index in [9.17, 15) is 0 Å². The second-order valence-corrected chi connectivity index (χ2v) is 7.53. The molecule has 0 aliphatic heterocycles. The molecule has 20 heavy (non-hydrogen) atoms. The molecule has 1 aliphatic rings. The molecule has 1 saturated carbocycles. The van der Waals surface area contributed by atoms with E-state index >= 15 is 0 Å². The molecule has 0 unspecified atom stereocenters. The first-order valence-electron chi connectivity index (χ1n) is 7.37. The van der Waals surface area contributed by atoms with Gasteiger partial charge in [0.2, 0.25) is 5.88 Å². The van der Waals surface area contributed by atoms with E-state index < -0.39 is 0 Å². The van der Waals surface area contributed by atoms with Gasteiger partial charge in [-0.25, -0.2) is 4.98 Å². The van der Waals surface area contributed by atoms with Crippen LogP contribution in [-0.4, -0.2) is 18.1 Å². The van der Waals surface area contributed by atoms with Crippen LogP contribution in [-0.2, 0) is 0 Å². The monoisotopic (exact) mass is 340 g/mol. The summed E-state index contributed by atoms with van der Waals surface area (Å²) in [4.78, 5) is 4.19. The maximum Gasteiger partial charge on any atom is 0.229 e. The van der Waals surface area contributed by atoms with Crippen LogP contribution in [0.3, 0.4) is 0 Å². The lowest BCUT2D eigenvalue weighted by Gasteiger charge is -2.37. The van der Waals surface area contributed by atoms with E-state index in [1.807, 2.05) is 6.07 Å². The molecule has 0 bridgehead atoms. The van der Waals surface area contributed by atoms with Crippen molar-refractivity contribution in [1.29, 1.82) is 0 Å². The predicted molar refractivity (Wildman–Crippen MR) is 87.3 cm³/mol. The highest BCUT2D eigenvalue weighted by atomic mass is 79.9. The maximum absolute atomic E-state index is 5.24. The van der Waals surface area contributed by atoms with Crippen LogP contribution in [0.5, 0.6) is 5.88 Å². The Morgan fingerprint density at radius 1 is 1.25 bits per heavy atom. The predicted octanol–water partition coefficient (Wildman–Crippen LogP) is 4.87. The summed E-state index contributed by atoms with van der Waals surface area (Å²) in [5, 5.41) is 3.63. The van der Waals surface area contributed by atoms with Crippen LogP contribution < -0.4 is 10.1 Å². The molecule has 0 saturated heterocycles. The first-order chi connectivity index (χ1) is 9.41. The summed E-state index contributed by atoms with van der Waals surface area (Å²) in [7, 11) is 1.64. The Morgan fingerprint density at radius 3 is 2.45 bits per heavy atom. The lowest BCUT2D eigenvalue weighted by Crippen LogP contribution is -2.31. The molecular formula is C16H25BrN2O. The van der Waals surface area contributed by atoms with Gasteiger partial charge in [-0.3, -0.25) is 0 Å². The van der Waals surface area contributed by atoms with Crippen LogP contribution in [0.1, 0.15) is 46.5 Å². The SMILES string of the molecule is COc1nccc(N[C@H]2CC[C@@H](C(C)(C)C)CC2)c1Br. The van der Waals surface area contributed by atoms with Crippen LogP contribution in [0.25, 0.3) is 0 Å². The first-order valence-corrected chi connectivity index (χ1v) is 8.16. The molecule has 1 aromatic heterocycles. The third kappa shape index (κ3) is 3.66. The van der Waals surface area contributed by atoms with Crippen molar-refractivity contribution in [2.75, 3.05) is 12.4 Å². The third-order valence-electron chi connectivity index (χ3n) is 4.36. The number of nitrogens with one attached hydrogen (secondary N) is 1. The molecular weight excluding hydrogens is 316 g/mol. The number of rotatable bonds is 3. The van der Waals surface area contributed by atoms with Crippen LogP contribution >= 0.6 is 15.9 Å². The Balaban J connectivity index is 1.96. The summed E-state index contributed by atoms with van der Waals surface area (Å²) in [6.45, 7) is 7.07. The van der Waals surface area contributed by atoms with E-state index in [-0.39, 0.29) is 0 Å². The van der Waals surface area contributed by atoms with Crippen molar-refractivity contribution >= 4 is 21.6 Å². The molecule has 1 N–H and O–H groups in total. The lowest BCUT2D eigenvalue weighted by atomic mass is 9.71. The van der Waals surface area contributed by atoms with Crippen molar-refractivity contribution in [3.63, 3.8) is 0 Å². The van der Waals surface area contributed by atoms with Crippen LogP contribution in [0.15, 0.2) is 16.7 Å². The Hall–Kier alpha value is -0.770. The number of hydrogen-bond donors (Lipinski definition) is 1. The van der Waals surface area contributed by atoms with Crippen molar-refractivity contribution in [2.24, 2.45) is 11.3 Å². The number of nitrogens with zero attached hydrogens (tertiary/aromatic N) is 1. The van der Waals surface area contributed by atoms with Gasteiger partial charge in [0.25, 0.3) is 0 Å². The quantitative estimate of drug-likeness (QED) is 0.852. The second kappa shape index (κ2) is 6.33. The number of hydrogen-bond acceptors (Lipinski definition) is 3. The zero-order valence-corrected chi connectivity index (χ0v) is 14.5. The van der Waals surface area contributed by atoms with Crippen molar-refractivity contribution in [1.82, 2.24) is 4.98 Å². The molecule has 1 fully saturated rings. The maximum atomic E-state index is 5.24. The highest BCUT2D eigenvalue weighted by molar-refractivity contribution is 9.10. The number of halogens is 1. The second-order valence-electron chi connectivity index (χ2n) is 6.74. The summed E-state index contributed by atoms with van der Waals surface area (Å²) in [5.41, 5.74) is 1.52. The molecule has 3 nitrogen and oxygen atoms in total. The first kappa shape index (κ1) is 15.6. The van der Waals surface area contributed by atoms with Crippen molar-refractivity contribution in [3.8, 4) is 5.88 Å². The Bertz CT molecular complexity index is 448. The zero-order chi connectivity index (χ0) is 14.8. The fraction of sp³-hybridized carbons (Fsp3) is 0.688. The normalized spacial score (nSPS) is 23.4. The summed E-state index contributed by atoms with van der Waals surface area (Å²) in [5.74, 6) is 1.48. The van der Waals surface area contributed by atoms with Gasteiger partial charge in [0.15, 0.2) is 0 Å². The third-order valence-corrected chi connectivity index (χ3v) is 5.13. The van der Waals surface area contributed by atoms with E-state index in [2.05, 4.69) is 47.0 Å². The van der Waals surface area contributed by atoms with Crippen molar-refractivity contribution in [2.45, 2.75) is 52.5 Å². The van der Waals surface area contributed by atoms with Gasteiger partial charge in [0.1, 0.15) is 4.47 Å². The Morgan fingerprint density at radius 2 is 1.90 bits per heavy atom. The number of aromatic nitrogens is 1. The number of ether oxygens (including phenoxy) is 1. The van der Waals surface area contributed by atoms with Gasteiger partial charge >= 0.3 is 0 Å². The largest absolute Gasteiger partial charge is 0.480 e. The summed E-state index contributed by atoms with van der Waals surface area (Å²) in [6.07, 6.45) is 6.87. The summed E-state index contributed by atoms with van der Waals surface area (Å²) in [6, 6.07) is 2.56. The van der Waals surface area contributed by atoms with Crippen LogP contribution in [0.4, 0.5) is 5.69 Å². The minimum Gasteiger partial charge on any atom is -0.480 e. The fourth-order valence-electron chi connectivity index (χ4n) is 3.00. The van der Waals surface area contributed by atoms with Crippen molar-refractivity contribution in [3.05, 3.63) is 16.7 Å². The molecule has 2 rings (SSSR count). The molecule has 0 atom stereocenters. The van der Waals surface area contributed by atoms with Crippen LogP contribution in [0, 0.1) is 11.3 Å². The lowest BCUT2D eigenvalue weighted by molar-refractivity contribution is 0.173. The number of methoxy groups -OCH3 is 1. The van der Waals surface area contributed by atoms with Gasteiger partial charge in [-0.15, -0.1) is 0 Å². The number of anilines is 1. The van der Waals surface area contributed by atoms with E-state index in [0.717, 1.165) is 16.1 Å². The molecule has 112 valence electrons. The Kier molecular flexibility index (Phi) is 4.95. The molecule has 1 aromatic rings. The average molecular weight is 341 g/mol. The van der Waals surface area contributed by atoms with Gasteiger partial charge in [-0.1, -0.05) is 20.8 Å². The van der Waals surface area contributed by atoms with Gasteiger partial charge in [0, 0.05) is 12.2 Å². The molecule has 0 spiro atoms. The highest BCUT2D eigenvalue weighted by Gasteiger charge is 2.29. The van der Waals surface area contributed by atoms with E-state index in [1.165, 1.54) is 25.7 Å². The van der Waals surface area contributed by atoms with Crippen LogP contribution in [0.2, 0.25) is 0 Å². The molecule has 1 aliphatic carbocycles. The minimum absolute atomic E-state index is 0.436. The molecule has 0 amide bonds. The molecule has 0 radical (unpaired) electrons.